The maximum atomic E-state index is 12.4. The van der Waals surface area contributed by atoms with Crippen LogP contribution in [0, 0.1) is 5.92 Å². The summed E-state index contributed by atoms with van der Waals surface area (Å²) in [5, 5.41) is 15.1. The number of aliphatic carboxylic acids is 1. The summed E-state index contributed by atoms with van der Waals surface area (Å²) >= 11 is 0. The van der Waals surface area contributed by atoms with Crippen LogP contribution in [0.3, 0.4) is 0 Å². The average molecular weight is 288 g/mol. The van der Waals surface area contributed by atoms with Crippen molar-refractivity contribution in [3.05, 3.63) is 35.4 Å². The van der Waals surface area contributed by atoms with Crippen LogP contribution < -0.4 is 10.6 Å². The largest absolute Gasteiger partial charge is 0.481 e. The number of hydrogen-bond donors (Lipinski definition) is 3. The number of carboxylic acid groups (broad SMARTS) is 1. The van der Waals surface area contributed by atoms with Crippen LogP contribution in [0.4, 0.5) is 0 Å². The number of hydrogen-bond acceptors (Lipinski definition) is 3. The predicted octanol–water partition coefficient (Wildman–Crippen LogP) is 1.07. The molecule has 112 valence electrons. The van der Waals surface area contributed by atoms with Crippen molar-refractivity contribution in [3.63, 3.8) is 0 Å². The van der Waals surface area contributed by atoms with Crippen LogP contribution in [0.25, 0.3) is 0 Å². The SMILES string of the molecule is O=C(O)CC(NC(=O)[C@H]1Cc2ccccc2CN1)C1CC1. The van der Waals surface area contributed by atoms with E-state index in [1.165, 1.54) is 11.1 Å². The molecule has 0 aromatic heterocycles. The lowest BCUT2D eigenvalue weighted by Gasteiger charge is -2.27. The Morgan fingerprint density at radius 1 is 1.29 bits per heavy atom. The number of fused-ring (bicyclic) bond motifs is 1. The van der Waals surface area contributed by atoms with E-state index in [4.69, 9.17) is 5.11 Å². The summed E-state index contributed by atoms with van der Waals surface area (Å²) in [6.45, 7) is 0.682. The topological polar surface area (TPSA) is 78.4 Å². The van der Waals surface area contributed by atoms with Crippen molar-refractivity contribution >= 4 is 11.9 Å². The molecule has 5 heteroatoms. The third-order valence-corrected chi connectivity index (χ3v) is 4.31. The minimum atomic E-state index is -0.853. The summed E-state index contributed by atoms with van der Waals surface area (Å²) in [4.78, 5) is 23.3. The fourth-order valence-electron chi connectivity index (χ4n) is 2.95. The lowest BCUT2D eigenvalue weighted by atomic mass is 9.95. The summed E-state index contributed by atoms with van der Waals surface area (Å²) in [7, 11) is 0. The molecule has 3 N–H and O–H groups in total. The molecular formula is C16H20N2O3. The van der Waals surface area contributed by atoms with Gasteiger partial charge in [-0.3, -0.25) is 9.59 Å². The van der Waals surface area contributed by atoms with Gasteiger partial charge in [-0.05, 0) is 36.3 Å². The van der Waals surface area contributed by atoms with Gasteiger partial charge in [0, 0.05) is 12.6 Å². The van der Waals surface area contributed by atoms with E-state index in [1.807, 2.05) is 18.2 Å². The summed E-state index contributed by atoms with van der Waals surface area (Å²) in [6.07, 6.45) is 2.70. The number of carbonyl (C=O) groups excluding carboxylic acids is 1. The molecule has 2 atom stereocenters. The maximum absolute atomic E-state index is 12.4. The minimum absolute atomic E-state index is 0.0136. The second-order valence-corrected chi connectivity index (χ2v) is 5.96. The zero-order valence-corrected chi connectivity index (χ0v) is 11.8. The van der Waals surface area contributed by atoms with Crippen molar-refractivity contribution in [1.82, 2.24) is 10.6 Å². The Balaban J connectivity index is 1.62. The molecule has 21 heavy (non-hydrogen) atoms. The molecule has 1 fully saturated rings. The van der Waals surface area contributed by atoms with Crippen LogP contribution in [0.15, 0.2) is 24.3 Å². The Kier molecular flexibility index (Phi) is 3.92. The molecule has 0 bridgehead atoms. The number of carboxylic acids is 1. The van der Waals surface area contributed by atoms with Gasteiger partial charge in [0.05, 0.1) is 12.5 Å². The Bertz CT molecular complexity index is 554. The fourth-order valence-corrected chi connectivity index (χ4v) is 2.95. The number of carbonyl (C=O) groups is 2. The van der Waals surface area contributed by atoms with Crippen LogP contribution >= 0.6 is 0 Å². The van der Waals surface area contributed by atoms with E-state index in [0.717, 1.165) is 12.8 Å². The van der Waals surface area contributed by atoms with Crippen molar-refractivity contribution in [3.8, 4) is 0 Å². The van der Waals surface area contributed by atoms with E-state index in [9.17, 15) is 9.59 Å². The summed E-state index contributed by atoms with van der Waals surface area (Å²) in [5.74, 6) is -0.599. The molecule has 2 aliphatic rings. The van der Waals surface area contributed by atoms with Crippen LogP contribution in [-0.4, -0.2) is 29.1 Å². The Morgan fingerprint density at radius 3 is 2.67 bits per heavy atom. The molecule has 1 unspecified atom stereocenters. The highest BCUT2D eigenvalue weighted by atomic mass is 16.4. The van der Waals surface area contributed by atoms with E-state index in [-0.39, 0.29) is 24.4 Å². The van der Waals surface area contributed by atoms with Gasteiger partial charge in [0.25, 0.3) is 0 Å². The smallest absolute Gasteiger partial charge is 0.305 e. The van der Waals surface area contributed by atoms with E-state index in [1.54, 1.807) is 0 Å². The summed E-state index contributed by atoms with van der Waals surface area (Å²) in [6, 6.07) is 7.59. The molecule has 0 spiro atoms. The molecule has 1 aromatic carbocycles. The number of rotatable bonds is 5. The Hall–Kier alpha value is -1.88. The molecule has 1 aliphatic heterocycles. The van der Waals surface area contributed by atoms with E-state index in [0.29, 0.717) is 18.9 Å². The van der Waals surface area contributed by atoms with Gasteiger partial charge >= 0.3 is 5.97 Å². The zero-order chi connectivity index (χ0) is 14.8. The molecule has 1 aromatic rings. The Morgan fingerprint density at radius 2 is 2.00 bits per heavy atom. The van der Waals surface area contributed by atoms with E-state index >= 15 is 0 Å². The van der Waals surface area contributed by atoms with Crippen LogP contribution in [0.1, 0.15) is 30.4 Å². The molecule has 1 saturated carbocycles. The number of nitrogens with one attached hydrogen (secondary N) is 2. The monoisotopic (exact) mass is 288 g/mol. The van der Waals surface area contributed by atoms with E-state index in [2.05, 4.69) is 16.7 Å². The van der Waals surface area contributed by atoms with Gasteiger partial charge in [0.15, 0.2) is 0 Å². The normalized spacial score (nSPS) is 22.2. The first-order valence-corrected chi connectivity index (χ1v) is 7.46. The van der Waals surface area contributed by atoms with Crippen LogP contribution in [0.5, 0.6) is 0 Å². The second kappa shape index (κ2) is 5.85. The molecule has 5 nitrogen and oxygen atoms in total. The average Bonchev–Trinajstić information content (AvgIpc) is 3.30. The maximum Gasteiger partial charge on any atom is 0.305 e. The molecule has 3 rings (SSSR count). The second-order valence-electron chi connectivity index (χ2n) is 5.96. The molecule has 1 amide bonds. The van der Waals surface area contributed by atoms with Crippen molar-refractivity contribution in [2.75, 3.05) is 0 Å². The van der Waals surface area contributed by atoms with Gasteiger partial charge in [0.1, 0.15) is 0 Å². The molecule has 0 radical (unpaired) electrons. The summed E-state index contributed by atoms with van der Waals surface area (Å²) < 4.78 is 0. The first-order valence-electron chi connectivity index (χ1n) is 7.46. The molecule has 1 heterocycles. The number of benzene rings is 1. The molecule has 0 saturated heterocycles. The minimum Gasteiger partial charge on any atom is -0.481 e. The zero-order valence-electron chi connectivity index (χ0n) is 11.8. The van der Waals surface area contributed by atoms with Gasteiger partial charge in [0.2, 0.25) is 5.91 Å². The van der Waals surface area contributed by atoms with Gasteiger partial charge in [-0.2, -0.15) is 0 Å². The quantitative estimate of drug-likeness (QED) is 0.757. The molecule has 1 aliphatic carbocycles. The Labute approximate surface area is 123 Å². The van der Waals surface area contributed by atoms with Crippen molar-refractivity contribution in [2.24, 2.45) is 5.92 Å². The van der Waals surface area contributed by atoms with Crippen molar-refractivity contribution in [1.29, 1.82) is 0 Å². The molecular weight excluding hydrogens is 268 g/mol. The van der Waals surface area contributed by atoms with Gasteiger partial charge in [-0.15, -0.1) is 0 Å². The van der Waals surface area contributed by atoms with Crippen LogP contribution in [-0.2, 0) is 22.6 Å². The fraction of sp³-hybridized carbons (Fsp3) is 0.500. The lowest BCUT2D eigenvalue weighted by Crippen LogP contribution is -2.51. The highest BCUT2D eigenvalue weighted by molar-refractivity contribution is 5.83. The highest BCUT2D eigenvalue weighted by Crippen LogP contribution is 2.34. The standard InChI is InChI=1S/C16H20N2O3/c19-15(20)8-13(10-5-6-10)18-16(21)14-7-11-3-1-2-4-12(11)9-17-14/h1-4,10,13-14,17H,5-9H2,(H,18,21)(H,19,20)/t13?,14-/m1/s1. The first kappa shape index (κ1) is 14.1. The van der Waals surface area contributed by atoms with Gasteiger partial charge < -0.3 is 15.7 Å². The van der Waals surface area contributed by atoms with Gasteiger partial charge in [-0.25, -0.2) is 0 Å². The number of amides is 1. The van der Waals surface area contributed by atoms with E-state index < -0.39 is 5.97 Å². The predicted molar refractivity (Wildman–Crippen MR) is 77.7 cm³/mol. The van der Waals surface area contributed by atoms with Crippen molar-refractivity contribution < 1.29 is 14.7 Å². The van der Waals surface area contributed by atoms with Crippen molar-refractivity contribution in [2.45, 2.75) is 44.3 Å². The highest BCUT2D eigenvalue weighted by Gasteiger charge is 2.35. The van der Waals surface area contributed by atoms with Crippen LogP contribution in [0.2, 0.25) is 0 Å². The van der Waals surface area contributed by atoms with Gasteiger partial charge in [-0.1, -0.05) is 24.3 Å². The summed E-state index contributed by atoms with van der Waals surface area (Å²) in [5.41, 5.74) is 2.42. The first-order chi connectivity index (χ1) is 10.1. The third-order valence-electron chi connectivity index (χ3n) is 4.31. The lowest BCUT2D eigenvalue weighted by molar-refractivity contribution is -0.138. The third kappa shape index (κ3) is 3.42.